The Bertz CT molecular complexity index is 5150. The molecule has 0 unspecified atom stereocenters. The molecule has 0 radical (unpaired) electrons. The molecule has 0 amide bonds. The second-order valence-corrected chi connectivity index (χ2v) is 23.8. The fraction of sp³-hybridized carbons (Fsp3) is 0.0361. The highest BCUT2D eigenvalue weighted by molar-refractivity contribution is 6.12. The van der Waals surface area contributed by atoms with Crippen molar-refractivity contribution in [1.29, 1.82) is 0 Å². The Balaban J connectivity index is 0.705. The summed E-state index contributed by atoms with van der Waals surface area (Å²) >= 11 is 0. The number of hydrogen-bond donors (Lipinski definition) is 0. The van der Waals surface area contributed by atoms with Crippen molar-refractivity contribution in [2.75, 3.05) is 0 Å². The van der Waals surface area contributed by atoms with Gasteiger partial charge in [0.15, 0.2) is 0 Å². The van der Waals surface area contributed by atoms with Gasteiger partial charge in [0.2, 0.25) is 0 Å². The third-order valence-electron chi connectivity index (χ3n) is 19.0. The lowest BCUT2D eigenvalue weighted by Crippen LogP contribution is -2.26. The normalized spacial score (nSPS) is 12.9. The Morgan fingerprint density at radius 2 is 0.529 bits per heavy atom. The highest BCUT2D eigenvalue weighted by Gasteiger charge is 2.51. The second kappa shape index (κ2) is 18.1. The van der Waals surface area contributed by atoms with Gasteiger partial charge >= 0.3 is 0 Å². The van der Waals surface area contributed by atoms with E-state index in [-0.39, 0.29) is 0 Å². The van der Waals surface area contributed by atoms with Gasteiger partial charge in [-0.1, -0.05) is 205 Å². The van der Waals surface area contributed by atoms with Gasteiger partial charge in [-0.2, -0.15) is 0 Å². The molecule has 0 saturated carbocycles. The number of aromatic nitrogens is 2. The van der Waals surface area contributed by atoms with Gasteiger partial charge in [0, 0.05) is 32.9 Å². The Morgan fingerprint density at radius 1 is 0.224 bits per heavy atom. The number of benzene rings is 14. The summed E-state index contributed by atoms with van der Waals surface area (Å²) in [7, 11) is 0. The zero-order valence-corrected chi connectivity index (χ0v) is 47.1. The van der Waals surface area contributed by atoms with Crippen LogP contribution in [-0.2, 0) is 5.41 Å². The number of rotatable bonds is 6. The summed E-state index contributed by atoms with van der Waals surface area (Å²) in [6.45, 7) is 4.29. The molecule has 0 N–H and O–H groups in total. The van der Waals surface area contributed by atoms with Gasteiger partial charge in [-0.25, -0.2) is 0 Å². The van der Waals surface area contributed by atoms with Crippen LogP contribution in [0.5, 0.6) is 0 Å². The van der Waals surface area contributed by atoms with E-state index in [0.29, 0.717) is 0 Å². The molecule has 0 aliphatic heterocycles. The maximum Gasteiger partial charge on any atom is 0.0725 e. The Hall–Kier alpha value is -10.8. The van der Waals surface area contributed by atoms with Gasteiger partial charge in [0.05, 0.1) is 27.5 Å². The molecule has 14 aromatic carbocycles. The highest BCUT2D eigenvalue weighted by atomic mass is 15.0. The van der Waals surface area contributed by atoms with Crippen LogP contribution in [0.4, 0.5) is 0 Å². The largest absolute Gasteiger partial charge is 0.309 e. The van der Waals surface area contributed by atoms with Crippen LogP contribution in [0.1, 0.15) is 33.4 Å². The zero-order chi connectivity index (χ0) is 56.1. The first-order valence-electron chi connectivity index (χ1n) is 29.7. The van der Waals surface area contributed by atoms with Gasteiger partial charge in [-0.3, -0.25) is 0 Å². The van der Waals surface area contributed by atoms with E-state index in [1.165, 1.54) is 177 Å². The molecule has 18 rings (SSSR count). The summed E-state index contributed by atoms with van der Waals surface area (Å²) < 4.78 is 4.79. The van der Waals surface area contributed by atoms with Gasteiger partial charge in [-0.05, 0) is 221 Å². The van der Waals surface area contributed by atoms with Crippen molar-refractivity contribution in [2.24, 2.45) is 0 Å². The zero-order valence-electron chi connectivity index (χ0n) is 47.1. The van der Waals surface area contributed by atoms with Crippen LogP contribution >= 0.6 is 0 Å². The number of nitrogens with zero attached hydrogens (tertiary/aromatic N) is 2. The molecular weight excluding hydrogens is 1020 g/mol. The molecule has 85 heavy (non-hydrogen) atoms. The molecule has 2 aliphatic carbocycles. The Labute approximate surface area is 493 Å². The topological polar surface area (TPSA) is 9.86 Å². The minimum atomic E-state index is -0.498. The number of para-hydroxylation sites is 2. The summed E-state index contributed by atoms with van der Waals surface area (Å²) in [5.41, 5.74) is 29.6. The van der Waals surface area contributed by atoms with Gasteiger partial charge < -0.3 is 9.13 Å². The first-order chi connectivity index (χ1) is 41.9. The lowest BCUT2D eigenvalue weighted by molar-refractivity contribution is 0.794. The van der Waals surface area contributed by atoms with Crippen LogP contribution in [0.2, 0.25) is 0 Å². The molecule has 16 aromatic rings. The molecule has 0 fully saturated rings. The number of fused-ring (bicyclic) bond motifs is 18. The van der Waals surface area contributed by atoms with Crippen LogP contribution in [0.25, 0.3) is 143 Å². The monoisotopic (exact) mass is 1080 g/mol. The predicted molar refractivity (Wildman–Crippen MR) is 358 cm³/mol. The van der Waals surface area contributed by atoms with Crippen molar-refractivity contribution < 1.29 is 0 Å². The van der Waals surface area contributed by atoms with E-state index < -0.39 is 5.41 Å². The predicted octanol–water partition coefficient (Wildman–Crippen LogP) is 21.8. The maximum atomic E-state index is 2.51. The molecule has 0 bridgehead atoms. The third kappa shape index (κ3) is 7.06. The summed E-state index contributed by atoms with van der Waals surface area (Å²) in [6.07, 6.45) is 0. The van der Waals surface area contributed by atoms with E-state index in [1.54, 1.807) is 0 Å². The quantitative estimate of drug-likeness (QED) is 0.157. The molecule has 1 spiro atoms. The van der Waals surface area contributed by atoms with Crippen molar-refractivity contribution in [2.45, 2.75) is 19.3 Å². The van der Waals surface area contributed by atoms with Crippen LogP contribution < -0.4 is 0 Å². The molecular formula is C83H54N2. The molecule has 0 atom stereocenters. The van der Waals surface area contributed by atoms with Crippen LogP contribution in [0, 0.1) is 13.8 Å². The first-order valence-corrected chi connectivity index (χ1v) is 29.7. The lowest BCUT2D eigenvalue weighted by atomic mass is 9.70. The molecule has 396 valence electrons. The molecule has 2 nitrogen and oxygen atoms in total. The fourth-order valence-electron chi connectivity index (χ4n) is 15.0. The minimum absolute atomic E-state index is 0.498. The van der Waals surface area contributed by atoms with Crippen molar-refractivity contribution >= 4 is 65.2 Å². The van der Waals surface area contributed by atoms with Crippen LogP contribution in [-0.4, -0.2) is 9.13 Å². The van der Waals surface area contributed by atoms with E-state index in [0.717, 1.165) is 0 Å². The summed E-state index contributed by atoms with van der Waals surface area (Å²) in [4.78, 5) is 0. The van der Waals surface area contributed by atoms with E-state index in [2.05, 4.69) is 314 Å². The summed E-state index contributed by atoms with van der Waals surface area (Å²) in [5, 5.41) is 9.96. The standard InChI is InChI=1S/C83H54N2/c1-51-19-35-65(36-20-51)84-79-17-9-5-13-71(79)73-47-61(33-41-81(73)84)57-27-23-55-45-59(29-25-53(55)43-57)63-31-39-69-70-40-32-64(50-78(70)83(77(69)49-63)75-15-7-3-11-67(75)68-12-4-8-16-76(68)83)60-30-26-54-44-58(28-24-56(54)46-60)62-34-42-82-74(48-62)72-14-6-10-18-80(72)85(82)66-37-21-52(2)22-38-66/h3-50H,1-2H3. The minimum Gasteiger partial charge on any atom is -0.309 e. The molecule has 0 saturated heterocycles. The van der Waals surface area contributed by atoms with Crippen molar-refractivity contribution in [3.05, 3.63) is 325 Å². The summed E-state index contributed by atoms with van der Waals surface area (Å²) in [5.74, 6) is 0. The van der Waals surface area contributed by atoms with E-state index in [9.17, 15) is 0 Å². The molecule has 2 aliphatic rings. The lowest BCUT2D eigenvalue weighted by Gasteiger charge is -2.31. The molecule has 2 heteroatoms. The maximum absolute atomic E-state index is 2.51. The summed E-state index contributed by atoms with van der Waals surface area (Å²) in [6, 6.07) is 110. The van der Waals surface area contributed by atoms with Crippen molar-refractivity contribution in [3.63, 3.8) is 0 Å². The van der Waals surface area contributed by atoms with E-state index in [4.69, 9.17) is 0 Å². The fourth-order valence-corrected chi connectivity index (χ4v) is 15.0. The van der Waals surface area contributed by atoms with E-state index in [1.807, 2.05) is 0 Å². The Morgan fingerprint density at radius 3 is 0.941 bits per heavy atom. The Kier molecular flexibility index (Phi) is 10.2. The van der Waals surface area contributed by atoms with Crippen LogP contribution in [0.15, 0.2) is 291 Å². The second-order valence-electron chi connectivity index (χ2n) is 23.8. The van der Waals surface area contributed by atoms with Gasteiger partial charge in [0.1, 0.15) is 0 Å². The average Bonchev–Trinajstić information content (AvgIpc) is 1.69. The first kappa shape index (κ1) is 47.8. The number of aryl methyl sites for hydroxylation is 2. The van der Waals surface area contributed by atoms with E-state index >= 15 is 0 Å². The average molecular weight is 1080 g/mol. The van der Waals surface area contributed by atoms with Gasteiger partial charge in [0.25, 0.3) is 0 Å². The number of hydrogen-bond acceptors (Lipinski definition) is 0. The molecule has 2 aromatic heterocycles. The van der Waals surface area contributed by atoms with Crippen molar-refractivity contribution in [1.82, 2.24) is 9.13 Å². The van der Waals surface area contributed by atoms with Gasteiger partial charge in [-0.15, -0.1) is 0 Å². The van der Waals surface area contributed by atoms with Crippen LogP contribution in [0.3, 0.4) is 0 Å². The molecule has 2 heterocycles. The third-order valence-corrected chi connectivity index (χ3v) is 19.0. The smallest absolute Gasteiger partial charge is 0.0725 e. The van der Waals surface area contributed by atoms with Crippen molar-refractivity contribution in [3.8, 4) is 78.1 Å². The highest BCUT2D eigenvalue weighted by Crippen LogP contribution is 2.63. The SMILES string of the molecule is Cc1ccc(-n2c3ccccc3c3cc(-c4ccc5cc(-c6ccc7c(c6)C6(c8ccccc8-c8ccccc86)c6cc(-c8ccc9cc(-c%10ccc%11c(c%10)c%10ccccc%10n%11-c%10ccc(C)cc%10)ccc9c8)ccc6-7)ccc5c4)ccc32)cc1.